The molecule has 1 aliphatic carbocycles. The number of terminal acetylenes is 1. The zero-order valence-electron chi connectivity index (χ0n) is 11.9. The van der Waals surface area contributed by atoms with Crippen LogP contribution in [0, 0.1) is 24.2 Å². The molecule has 0 aromatic rings. The van der Waals surface area contributed by atoms with Crippen molar-refractivity contribution in [3.05, 3.63) is 0 Å². The van der Waals surface area contributed by atoms with Gasteiger partial charge < -0.3 is 9.84 Å². The molecule has 0 aromatic carbocycles. The molecule has 0 aromatic heterocycles. The van der Waals surface area contributed by atoms with Crippen LogP contribution < -0.4 is 0 Å². The zero-order chi connectivity index (χ0) is 14.2. The Hall–Kier alpha value is -1.05. The molecule has 4 fully saturated rings. The van der Waals surface area contributed by atoms with Crippen LogP contribution in [0.25, 0.3) is 0 Å². The minimum Gasteiger partial charge on any atom is -0.458 e. The average molecular weight is 277 g/mol. The van der Waals surface area contributed by atoms with Crippen LogP contribution in [0.4, 0.5) is 0 Å². The standard InChI is InChI=1S/C16H23NO3/c1-2-16(19,13-5-3-4-6-13)15(18)20-14-11-17-9-7-12(14)8-10-17/h1,12-14,19H,3-11H2. The summed E-state index contributed by atoms with van der Waals surface area (Å²) in [6.07, 6.45) is 11.2. The SMILES string of the molecule is C#CC(O)(C(=O)OC1CN2CCC1CC2)C1CCCC1. The van der Waals surface area contributed by atoms with E-state index in [4.69, 9.17) is 11.2 Å². The van der Waals surface area contributed by atoms with Gasteiger partial charge in [-0.3, -0.25) is 4.90 Å². The number of fused-ring (bicyclic) bond motifs is 3. The van der Waals surface area contributed by atoms with E-state index in [2.05, 4.69) is 10.8 Å². The Balaban J connectivity index is 1.67. The van der Waals surface area contributed by atoms with Gasteiger partial charge in [-0.1, -0.05) is 18.8 Å². The summed E-state index contributed by atoms with van der Waals surface area (Å²) in [6, 6.07) is 0. The highest BCUT2D eigenvalue weighted by Crippen LogP contribution is 2.36. The van der Waals surface area contributed by atoms with E-state index in [1.54, 1.807) is 0 Å². The van der Waals surface area contributed by atoms with Crippen LogP contribution in [0.1, 0.15) is 38.5 Å². The number of nitrogens with zero attached hydrogens (tertiary/aromatic N) is 1. The van der Waals surface area contributed by atoms with Crippen LogP contribution in [0.5, 0.6) is 0 Å². The first-order valence-electron chi connectivity index (χ1n) is 7.77. The molecule has 2 bridgehead atoms. The lowest BCUT2D eigenvalue weighted by Gasteiger charge is -2.44. The summed E-state index contributed by atoms with van der Waals surface area (Å²) in [5, 5.41) is 10.6. The van der Waals surface area contributed by atoms with Gasteiger partial charge in [0.2, 0.25) is 5.60 Å². The van der Waals surface area contributed by atoms with Gasteiger partial charge in [-0.15, -0.1) is 6.42 Å². The number of carbonyl (C=O) groups is 1. The van der Waals surface area contributed by atoms with Crippen molar-refractivity contribution in [3.63, 3.8) is 0 Å². The maximum Gasteiger partial charge on any atom is 0.351 e. The topological polar surface area (TPSA) is 49.8 Å². The average Bonchev–Trinajstić information content (AvgIpc) is 3.02. The molecular weight excluding hydrogens is 254 g/mol. The quantitative estimate of drug-likeness (QED) is 0.621. The summed E-state index contributed by atoms with van der Waals surface area (Å²) in [7, 11) is 0. The van der Waals surface area contributed by atoms with E-state index in [1.165, 1.54) is 0 Å². The summed E-state index contributed by atoms with van der Waals surface area (Å²) in [5.74, 6) is 2.03. The fourth-order valence-electron chi connectivity index (χ4n) is 3.96. The summed E-state index contributed by atoms with van der Waals surface area (Å²) >= 11 is 0. The summed E-state index contributed by atoms with van der Waals surface area (Å²) in [4.78, 5) is 14.7. The van der Waals surface area contributed by atoms with Gasteiger partial charge >= 0.3 is 5.97 Å². The van der Waals surface area contributed by atoms with Gasteiger partial charge in [0.1, 0.15) is 6.10 Å². The zero-order valence-corrected chi connectivity index (χ0v) is 11.9. The van der Waals surface area contributed by atoms with E-state index >= 15 is 0 Å². The van der Waals surface area contributed by atoms with E-state index in [-0.39, 0.29) is 12.0 Å². The second-order valence-electron chi connectivity index (χ2n) is 6.47. The largest absolute Gasteiger partial charge is 0.458 e. The molecule has 3 aliphatic heterocycles. The minimum atomic E-state index is -1.72. The predicted octanol–water partition coefficient (Wildman–Crippen LogP) is 1.18. The third-order valence-corrected chi connectivity index (χ3v) is 5.33. The number of aliphatic hydroxyl groups is 1. The minimum absolute atomic E-state index is 0.0914. The number of carbonyl (C=O) groups excluding carboxylic acids is 1. The van der Waals surface area contributed by atoms with Crippen LogP contribution in [0.2, 0.25) is 0 Å². The lowest BCUT2D eigenvalue weighted by Crippen LogP contribution is -2.54. The molecule has 3 saturated heterocycles. The van der Waals surface area contributed by atoms with Crippen LogP contribution in [0.15, 0.2) is 0 Å². The van der Waals surface area contributed by atoms with Crippen LogP contribution in [-0.2, 0) is 9.53 Å². The molecule has 1 saturated carbocycles. The summed E-state index contributed by atoms with van der Waals surface area (Å²) in [6.45, 7) is 2.99. The molecule has 2 unspecified atom stereocenters. The Labute approximate surface area is 120 Å². The highest BCUT2D eigenvalue weighted by molar-refractivity contribution is 5.84. The molecule has 4 nitrogen and oxygen atoms in total. The van der Waals surface area contributed by atoms with E-state index in [0.717, 1.165) is 58.2 Å². The van der Waals surface area contributed by atoms with Crippen molar-refractivity contribution in [1.82, 2.24) is 4.90 Å². The smallest absolute Gasteiger partial charge is 0.351 e. The Morgan fingerprint density at radius 1 is 1.25 bits per heavy atom. The molecule has 0 radical (unpaired) electrons. The van der Waals surface area contributed by atoms with E-state index in [9.17, 15) is 9.90 Å². The number of piperidine rings is 3. The third kappa shape index (κ3) is 2.34. The first-order chi connectivity index (χ1) is 9.63. The third-order valence-electron chi connectivity index (χ3n) is 5.33. The Kier molecular flexibility index (Phi) is 3.74. The van der Waals surface area contributed by atoms with Gasteiger partial charge in [0.15, 0.2) is 0 Å². The number of esters is 1. The molecule has 4 aliphatic rings. The second kappa shape index (κ2) is 5.38. The molecule has 0 spiro atoms. The first-order valence-corrected chi connectivity index (χ1v) is 7.77. The molecule has 4 heteroatoms. The lowest BCUT2D eigenvalue weighted by atomic mass is 9.84. The number of hydrogen-bond acceptors (Lipinski definition) is 4. The van der Waals surface area contributed by atoms with Crippen molar-refractivity contribution in [1.29, 1.82) is 0 Å². The van der Waals surface area contributed by atoms with Crippen molar-refractivity contribution in [2.45, 2.75) is 50.2 Å². The van der Waals surface area contributed by atoms with Crippen molar-refractivity contribution in [2.75, 3.05) is 19.6 Å². The fourth-order valence-corrected chi connectivity index (χ4v) is 3.96. The molecule has 3 heterocycles. The first kappa shape index (κ1) is 13.9. The van der Waals surface area contributed by atoms with E-state index in [1.807, 2.05) is 0 Å². The normalized spacial score (nSPS) is 36.3. The summed E-state index contributed by atoms with van der Waals surface area (Å²) < 4.78 is 5.62. The molecule has 2 atom stereocenters. The van der Waals surface area contributed by atoms with Crippen LogP contribution in [-0.4, -0.2) is 47.3 Å². The van der Waals surface area contributed by atoms with Gasteiger partial charge in [0.25, 0.3) is 0 Å². The van der Waals surface area contributed by atoms with Gasteiger partial charge in [-0.2, -0.15) is 0 Å². The molecule has 1 N–H and O–H groups in total. The highest BCUT2D eigenvalue weighted by Gasteiger charge is 2.47. The summed E-state index contributed by atoms with van der Waals surface area (Å²) in [5.41, 5.74) is -1.72. The Morgan fingerprint density at radius 3 is 2.40 bits per heavy atom. The van der Waals surface area contributed by atoms with Gasteiger partial charge in [0, 0.05) is 12.5 Å². The highest BCUT2D eigenvalue weighted by atomic mass is 16.6. The van der Waals surface area contributed by atoms with Crippen molar-refractivity contribution in [2.24, 2.45) is 11.8 Å². The monoisotopic (exact) mass is 277 g/mol. The maximum atomic E-state index is 12.4. The van der Waals surface area contributed by atoms with Crippen LogP contribution in [0.3, 0.4) is 0 Å². The van der Waals surface area contributed by atoms with E-state index < -0.39 is 11.6 Å². The number of rotatable bonds is 3. The van der Waals surface area contributed by atoms with Gasteiger partial charge in [-0.25, -0.2) is 4.79 Å². The molecule has 110 valence electrons. The molecule has 0 amide bonds. The fraction of sp³-hybridized carbons (Fsp3) is 0.812. The van der Waals surface area contributed by atoms with Crippen molar-refractivity contribution in [3.8, 4) is 12.3 Å². The number of ether oxygens (including phenoxy) is 1. The Morgan fingerprint density at radius 2 is 1.90 bits per heavy atom. The predicted molar refractivity (Wildman–Crippen MR) is 74.8 cm³/mol. The maximum absolute atomic E-state index is 12.4. The lowest BCUT2D eigenvalue weighted by molar-refractivity contribution is -0.178. The molecule has 4 rings (SSSR count). The molecular formula is C16H23NO3. The second-order valence-corrected chi connectivity index (χ2v) is 6.47. The van der Waals surface area contributed by atoms with Crippen molar-refractivity contribution >= 4 is 5.97 Å². The Bertz CT molecular complexity index is 416. The number of hydrogen-bond donors (Lipinski definition) is 1. The van der Waals surface area contributed by atoms with Gasteiger partial charge in [0.05, 0.1) is 0 Å². The van der Waals surface area contributed by atoms with E-state index in [0.29, 0.717) is 5.92 Å². The van der Waals surface area contributed by atoms with Gasteiger partial charge in [-0.05, 0) is 44.7 Å². The van der Waals surface area contributed by atoms with Crippen molar-refractivity contribution < 1.29 is 14.6 Å². The van der Waals surface area contributed by atoms with Crippen LogP contribution >= 0.6 is 0 Å². The molecule has 20 heavy (non-hydrogen) atoms.